The molecular formula is C99H92Cl5N13O15S6. The Morgan fingerprint density at radius 3 is 1.02 bits per heavy atom. The zero-order valence-corrected chi connectivity index (χ0v) is 83.8. The molecule has 0 aliphatic carbocycles. The molecule has 39 heteroatoms. The predicted molar refractivity (Wildman–Crippen MR) is 537 cm³/mol. The summed E-state index contributed by atoms with van der Waals surface area (Å²) in [4.78, 5) is 47.3. The summed E-state index contributed by atoms with van der Waals surface area (Å²) in [6.45, 7) is 21.5. The van der Waals surface area contributed by atoms with Gasteiger partial charge in [0.05, 0.1) is 62.9 Å². The van der Waals surface area contributed by atoms with Gasteiger partial charge in [0.2, 0.25) is 46.0 Å². The van der Waals surface area contributed by atoms with Crippen LogP contribution < -0.4 is 18.9 Å². The highest BCUT2D eigenvalue weighted by Gasteiger charge is 2.38. The molecule has 714 valence electrons. The lowest BCUT2D eigenvalue weighted by atomic mass is 10.1. The molecule has 0 aromatic heterocycles. The molecule has 4 aliphatic rings. The second-order valence-electron chi connectivity index (χ2n) is 31.8. The molecule has 14 rings (SSSR count). The minimum atomic E-state index is -4.00. The molecule has 4 aliphatic heterocycles. The van der Waals surface area contributed by atoms with E-state index >= 15 is 0 Å². The van der Waals surface area contributed by atoms with Gasteiger partial charge < -0.3 is 43.4 Å². The van der Waals surface area contributed by atoms with Crippen LogP contribution >= 0.6 is 82.4 Å². The molecule has 10 aromatic rings. The molecule has 10 aromatic carbocycles. The van der Waals surface area contributed by atoms with Crippen molar-refractivity contribution in [3.63, 3.8) is 0 Å². The van der Waals surface area contributed by atoms with Gasteiger partial charge in [-0.3, -0.25) is 14.4 Å². The average Bonchev–Trinajstić information content (AvgIpc) is 0.788. The fraction of sp³-hybridized carbons (Fsp3) is 0.253. The average molecular weight is 2070 g/mol. The minimum Gasteiger partial charge on any atom is -0.456 e. The third-order valence-electron chi connectivity index (χ3n) is 21.7. The van der Waals surface area contributed by atoms with Gasteiger partial charge in [0, 0.05) is 143 Å². The Morgan fingerprint density at radius 2 is 0.717 bits per heavy atom. The van der Waals surface area contributed by atoms with Crippen LogP contribution in [0.2, 0.25) is 25.1 Å². The standard InChI is InChI=1S/C29H26ClN3O4S2.C27H25Cl2N3O3S2.C22H22ClN3O4S.C21H19ClN4O4S/c1-21-15-24(30)18-26(16-21)37-27-10-8-23(20-31)17-28(27)39(35,36)33-13-11-32(12-14-33)29(38)19-25(34)9-7-22-5-3-2-4-6-22;1-19-13-23(29)17-24(14-19)35-25-7-5-21(18-30)16-26(25)37(33,34)32-11-9-31(10-12-32)27(36)8-6-20-3-2-4-22(28)15-20;1-3-4-22(27)25-7-9-26(10-8-25)31(28,29)21-13-17(15-24)5-6-20(21)30-19-12-16(2)11-18(23)14-19;1-15-9-17(22)12-18(10-15)30-19-4-3-16(13-23)11-20(19)31(28,29)26-7-5-25(6-8-26)21(27)14-24-2/h2-10,15-18H,11-14,19H2,1H3;2-5,7,13-17H,6,8-12H2,1H3;3,5-6,11-14H,1,4,7-10H2,2H3;3-4,9-12H,5-8,14H2,1H3/b9-7+;;;. The second-order valence-corrected chi connectivity index (χ2v) is 42.6. The van der Waals surface area contributed by atoms with Crippen LogP contribution in [0.25, 0.3) is 10.9 Å². The highest BCUT2D eigenvalue weighted by Crippen LogP contribution is 2.40. The molecule has 4 fully saturated rings. The van der Waals surface area contributed by atoms with Gasteiger partial charge in [-0.05, 0) is 231 Å². The Labute approximate surface area is 839 Å². The highest BCUT2D eigenvalue weighted by molar-refractivity contribution is 7.90. The molecule has 2 amide bonds. The molecule has 0 bridgehead atoms. The maximum Gasteiger partial charge on any atom is 0.302 e. The van der Waals surface area contributed by atoms with E-state index in [1.807, 2.05) is 116 Å². The summed E-state index contributed by atoms with van der Waals surface area (Å²) < 4.78 is 137. The van der Waals surface area contributed by atoms with E-state index in [0.29, 0.717) is 85.7 Å². The van der Waals surface area contributed by atoms with Crippen LogP contribution in [0, 0.1) is 79.6 Å². The number of halogens is 5. The number of ether oxygens (including phenoxy) is 4. The lowest BCUT2D eigenvalue weighted by molar-refractivity contribution is -0.131. The number of nitrogens with zero attached hydrogens (tertiary/aromatic N) is 13. The van der Waals surface area contributed by atoms with Gasteiger partial charge in [-0.15, -0.1) is 6.58 Å². The fourth-order valence-corrected chi connectivity index (χ4v) is 23.1. The third-order valence-corrected chi connectivity index (χ3v) is 31.4. The van der Waals surface area contributed by atoms with Crippen LogP contribution in [0.3, 0.4) is 0 Å². The topological polar surface area (TPSA) is 350 Å². The number of rotatable bonds is 26. The van der Waals surface area contributed by atoms with Gasteiger partial charge in [-0.25, -0.2) is 40.2 Å². The van der Waals surface area contributed by atoms with E-state index in [1.165, 1.54) is 107 Å². The second kappa shape index (κ2) is 48.9. The first-order valence-electron chi connectivity index (χ1n) is 42.8. The number of ketones is 1. The molecule has 0 unspecified atom stereocenters. The number of nitriles is 4. The van der Waals surface area contributed by atoms with Gasteiger partial charge >= 0.3 is 5.91 Å². The Bertz CT molecular complexity index is 6940. The Kier molecular flexibility index (Phi) is 37.6. The largest absolute Gasteiger partial charge is 0.456 e. The van der Waals surface area contributed by atoms with Crippen LogP contribution in [-0.4, -0.2) is 209 Å². The summed E-state index contributed by atoms with van der Waals surface area (Å²) in [5.41, 5.74) is 6.29. The zero-order valence-electron chi connectivity index (χ0n) is 75.1. The van der Waals surface area contributed by atoms with Crippen molar-refractivity contribution in [3.8, 4) is 70.3 Å². The number of benzene rings is 10. The number of hydrogen-bond donors (Lipinski definition) is 0. The first kappa shape index (κ1) is 106. The van der Waals surface area contributed by atoms with E-state index in [2.05, 4.69) is 11.4 Å². The Hall–Kier alpha value is -12.2. The van der Waals surface area contributed by atoms with Crippen molar-refractivity contribution in [2.24, 2.45) is 0 Å². The SMILES string of the molecule is C=CCC(=O)N1CCN(S(=O)(=O)c2cc(C#N)ccc2Oc2cc(C)cc(Cl)c2)CC1.Cc1cc(Cl)cc(Oc2ccc(C#N)cc2S(=O)(=O)N2CCN(C(=S)CC(=O)/C=C/c3ccccc3)CC2)c1.Cc1cc(Cl)cc(Oc2ccc(C#N)cc2S(=O)(=O)N2CCN(C(=S)CCc3cccc(Cl)c3)CC2)c1.[C-]#[N+]CC(=O)N1CCN(S(=O)(=O)c2cc(C#N)ccc2Oc2cc(C)cc(Cl)c2)CC1. The highest BCUT2D eigenvalue weighted by atomic mass is 35.5. The maximum atomic E-state index is 13.7. The molecule has 4 saturated heterocycles. The summed E-state index contributed by atoms with van der Waals surface area (Å²) in [7, 11) is -15.9. The van der Waals surface area contributed by atoms with Gasteiger partial charge in [-0.1, -0.05) is 137 Å². The number of piperazine rings is 4. The number of hydrogen-bond acceptors (Lipinski definition) is 21. The van der Waals surface area contributed by atoms with Crippen molar-refractivity contribution in [1.82, 2.24) is 36.8 Å². The minimum absolute atomic E-state index is 0.0545. The summed E-state index contributed by atoms with van der Waals surface area (Å²) >= 11 is 41.7. The van der Waals surface area contributed by atoms with Crippen molar-refractivity contribution in [2.45, 2.75) is 73.0 Å². The zero-order chi connectivity index (χ0) is 99.8. The third kappa shape index (κ3) is 29.0. The molecule has 0 saturated carbocycles. The van der Waals surface area contributed by atoms with Crippen LogP contribution in [-0.2, 0) is 60.9 Å². The number of amides is 2. The molecular weight excluding hydrogens is 1980 g/mol. The number of thiocarbonyl (C=S) groups is 2. The van der Waals surface area contributed by atoms with Crippen molar-refractivity contribution >= 4 is 156 Å². The van der Waals surface area contributed by atoms with E-state index < -0.39 is 40.1 Å². The van der Waals surface area contributed by atoms with Gasteiger partial charge in [0.25, 0.3) is 6.54 Å². The quantitative estimate of drug-likeness (QED) is 0.0210. The number of sulfonamides is 4. The van der Waals surface area contributed by atoms with E-state index in [1.54, 1.807) is 83.8 Å². The normalized spacial score (nSPS) is 14.4. The number of allylic oxidation sites excluding steroid dienone is 1. The van der Waals surface area contributed by atoms with E-state index in [4.69, 9.17) is 108 Å². The Morgan fingerprint density at radius 1 is 0.399 bits per heavy atom. The number of aryl methyl sites for hydroxylation is 5. The molecule has 0 atom stereocenters. The number of carbonyl (C=O) groups excluding carboxylic acids is 3. The number of carbonyl (C=O) groups is 3. The van der Waals surface area contributed by atoms with E-state index in [-0.39, 0.29) is 180 Å². The van der Waals surface area contributed by atoms with Crippen molar-refractivity contribution < 1.29 is 67.0 Å². The summed E-state index contributed by atoms with van der Waals surface area (Å²) in [6.07, 6.45) is 6.52. The molecule has 0 N–H and O–H groups in total. The van der Waals surface area contributed by atoms with E-state index in [9.17, 15) is 69.1 Å². The predicted octanol–water partition coefficient (Wildman–Crippen LogP) is 18.6. The van der Waals surface area contributed by atoms with Crippen LogP contribution in [0.4, 0.5) is 0 Å². The van der Waals surface area contributed by atoms with Gasteiger partial charge in [0.15, 0.2) is 5.78 Å². The molecule has 138 heavy (non-hydrogen) atoms. The van der Waals surface area contributed by atoms with Crippen molar-refractivity contribution in [3.05, 3.63) is 311 Å². The lowest BCUT2D eigenvalue weighted by Gasteiger charge is -2.35. The summed E-state index contributed by atoms with van der Waals surface area (Å²) in [5, 5.41) is 39.9. The van der Waals surface area contributed by atoms with Gasteiger partial charge in [0.1, 0.15) is 65.6 Å². The molecule has 28 nitrogen and oxygen atoms in total. The smallest absolute Gasteiger partial charge is 0.302 e. The van der Waals surface area contributed by atoms with Gasteiger partial charge in [-0.2, -0.15) is 38.3 Å². The summed E-state index contributed by atoms with van der Waals surface area (Å²) in [5.74, 6) is 1.47. The first-order valence-corrected chi connectivity index (χ1v) is 51.3. The summed E-state index contributed by atoms with van der Waals surface area (Å²) in [6, 6.07) is 62.7. The van der Waals surface area contributed by atoms with E-state index in [0.717, 1.165) is 44.8 Å². The molecule has 0 radical (unpaired) electrons. The fourth-order valence-electron chi connectivity index (χ4n) is 14.9. The van der Waals surface area contributed by atoms with Crippen LogP contribution in [0.1, 0.15) is 74.9 Å². The van der Waals surface area contributed by atoms with Crippen LogP contribution in [0.5, 0.6) is 46.0 Å². The van der Waals surface area contributed by atoms with Crippen molar-refractivity contribution in [1.29, 1.82) is 21.0 Å². The Balaban J connectivity index is 0.000000177. The maximum absolute atomic E-state index is 13.7. The van der Waals surface area contributed by atoms with Crippen LogP contribution in [0.15, 0.2) is 239 Å². The molecule has 0 spiro atoms. The lowest BCUT2D eigenvalue weighted by Crippen LogP contribution is -2.51. The first-order chi connectivity index (χ1) is 65.8. The molecule has 4 heterocycles. The monoisotopic (exact) mass is 2070 g/mol. The van der Waals surface area contributed by atoms with Crippen molar-refractivity contribution in [2.75, 3.05) is 111 Å².